The minimum atomic E-state index is -4.04. The number of ether oxygens (including phenoxy) is 2. The zero-order chi connectivity index (χ0) is 10.2. The van der Waals surface area contributed by atoms with Crippen LogP contribution in [0.15, 0.2) is 0 Å². The molecule has 0 saturated carbocycles. The SMILES string of the molecule is CCOCOCCCCC(F)(F)F. The second-order valence-corrected chi connectivity index (χ2v) is 2.59. The summed E-state index contributed by atoms with van der Waals surface area (Å²) >= 11 is 0. The van der Waals surface area contributed by atoms with Crippen molar-refractivity contribution in [2.75, 3.05) is 20.0 Å². The van der Waals surface area contributed by atoms with Gasteiger partial charge in [-0.15, -0.1) is 0 Å². The molecule has 0 aliphatic rings. The summed E-state index contributed by atoms with van der Waals surface area (Å²) in [6, 6.07) is 0. The highest BCUT2D eigenvalue weighted by molar-refractivity contribution is 4.49. The lowest BCUT2D eigenvalue weighted by Crippen LogP contribution is -2.07. The third kappa shape index (κ3) is 11.7. The fraction of sp³-hybridized carbons (Fsp3) is 1.00. The Morgan fingerprint density at radius 2 is 1.77 bits per heavy atom. The first-order valence-corrected chi connectivity index (χ1v) is 4.28. The number of hydrogen-bond donors (Lipinski definition) is 0. The summed E-state index contributed by atoms with van der Waals surface area (Å²) in [4.78, 5) is 0. The topological polar surface area (TPSA) is 18.5 Å². The molecule has 0 aliphatic heterocycles. The molecule has 0 aliphatic carbocycles. The predicted octanol–water partition coefficient (Wildman–Crippen LogP) is 2.73. The van der Waals surface area contributed by atoms with Crippen molar-refractivity contribution in [3.63, 3.8) is 0 Å². The first-order chi connectivity index (χ1) is 6.06. The largest absolute Gasteiger partial charge is 0.389 e. The molecule has 0 aromatic rings. The minimum absolute atomic E-state index is 0.121. The molecular weight excluding hydrogens is 185 g/mol. The molecule has 0 aromatic heterocycles. The van der Waals surface area contributed by atoms with E-state index in [1.165, 1.54) is 0 Å². The van der Waals surface area contributed by atoms with Gasteiger partial charge in [0.1, 0.15) is 6.79 Å². The van der Waals surface area contributed by atoms with Gasteiger partial charge in [-0.25, -0.2) is 0 Å². The van der Waals surface area contributed by atoms with Gasteiger partial charge in [-0.3, -0.25) is 0 Å². The molecule has 0 spiro atoms. The number of rotatable bonds is 7. The second-order valence-electron chi connectivity index (χ2n) is 2.59. The van der Waals surface area contributed by atoms with Crippen LogP contribution in [-0.2, 0) is 9.47 Å². The average Bonchev–Trinajstić information content (AvgIpc) is 2.01. The highest BCUT2D eigenvalue weighted by Crippen LogP contribution is 2.21. The summed E-state index contributed by atoms with van der Waals surface area (Å²) in [7, 11) is 0. The van der Waals surface area contributed by atoms with Crippen LogP contribution in [0.3, 0.4) is 0 Å². The van der Waals surface area contributed by atoms with Gasteiger partial charge in [-0.05, 0) is 19.8 Å². The van der Waals surface area contributed by atoms with Crippen LogP contribution in [0.25, 0.3) is 0 Å². The van der Waals surface area contributed by atoms with Crippen molar-refractivity contribution in [2.24, 2.45) is 0 Å². The fourth-order valence-corrected chi connectivity index (χ4v) is 0.731. The van der Waals surface area contributed by atoms with E-state index in [-0.39, 0.29) is 13.2 Å². The van der Waals surface area contributed by atoms with E-state index >= 15 is 0 Å². The maximum absolute atomic E-state index is 11.6. The number of unbranched alkanes of at least 4 members (excludes halogenated alkanes) is 1. The maximum atomic E-state index is 11.6. The standard InChI is InChI=1S/C8H15F3O2/c1-2-12-7-13-6-4-3-5-8(9,10)11/h2-7H2,1H3. The van der Waals surface area contributed by atoms with E-state index in [4.69, 9.17) is 9.47 Å². The molecule has 0 saturated heterocycles. The number of alkyl halides is 3. The summed E-state index contributed by atoms with van der Waals surface area (Å²) in [5.74, 6) is 0. The molecule has 0 atom stereocenters. The van der Waals surface area contributed by atoms with Gasteiger partial charge in [0.05, 0.1) is 0 Å². The van der Waals surface area contributed by atoms with Gasteiger partial charge in [0.2, 0.25) is 0 Å². The minimum Gasteiger partial charge on any atom is -0.356 e. The number of halogens is 3. The quantitative estimate of drug-likeness (QED) is 0.464. The van der Waals surface area contributed by atoms with Crippen molar-refractivity contribution in [2.45, 2.75) is 32.4 Å². The van der Waals surface area contributed by atoms with Crippen molar-refractivity contribution in [1.29, 1.82) is 0 Å². The van der Waals surface area contributed by atoms with Crippen LogP contribution in [0.1, 0.15) is 26.2 Å². The van der Waals surface area contributed by atoms with Crippen molar-refractivity contribution in [1.82, 2.24) is 0 Å². The van der Waals surface area contributed by atoms with Crippen LogP contribution in [0.5, 0.6) is 0 Å². The third-order valence-electron chi connectivity index (χ3n) is 1.37. The van der Waals surface area contributed by atoms with E-state index in [0.717, 1.165) is 0 Å². The average molecular weight is 200 g/mol. The highest BCUT2D eigenvalue weighted by Gasteiger charge is 2.25. The molecule has 0 bridgehead atoms. The third-order valence-corrected chi connectivity index (χ3v) is 1.37. The van der Waals surface area contributed by atoms with Crippen molar-refractivity contribution >= 4 is 0 Å². The highest BCUT2D eigenvalue weighted by atomic mass is 19.4. The van der Waals surface area contributed by atoms with Crippen LogP contribution in [0.4, 0.5) is 13.2 Å². The Morgan fingerprint density at radius 1 is 1.08 bits per heavy atom. The summed E-state index contributed by atoms with van der Waals surface area (Å²) in [5.41, 5.74) is 0. The van der Waals surface area contributed by atoms with Crippen LogP contribution in [0.2, 0.25) is 0 Å². The Labute approximate surface area is 76.0 Å². The Balaban J connectivity index is 3.00. The van der Waals surface area contributed by atoms with Gasteiger partial charge in [-0.2, -0.15) is 13.2 Å². The fourth-order valence-electron chi connectivity index (χ4n) is 0.731. The van der Waals surface area contributed by atoms with E-state index in [1.807, 2.05) is 6.92 Å². The molecule has 0 aromatic carbocycles. The summed E-state index contributed by atoms with van der Waals surface area (Å²) < 4.78 is 44.6. The molecular formula is C8H15F3O2. The van der Waals surface area contributed by atoms with Crippen molar-refractivity contribution < 1.29 is 22.6 Å². The first-order valence-electron chi connectivity index (χ1n) is 4.28. The lowest BCUT2D eigenvalue weighted by Gasteiger charge is -2.06. The van der Waals surface area contributed by atoms with Gasteiger partial charge in [0.25, 0.3) is 0 Å². The Bertz CT molecular complexity index is 114. The molecule has 2 nitrogen and oxygen atoms in total. The summed E-state index contributed by atoms with van der Waals surface area (Å²) in [6.07, 6.45) is -4.23. The van der Waals surface area contributed by atoms with Crippen molar-refractivity contribution in [3.8, 4) is 0 Å². The molecule has 0 rings (SSSR count). The number of hydrogen-bond acceptors (Lipinski definition) is 2. The van der Waals surface area contributed by atoms with Crippen LogP contribution >= 0.6 is 0 Å². The van der Waals surface area contributed by atoms with Crippen LogP contribution in [0, 0.1) is 0 Å². The molecule has 0 amide bonds. The van der Waals surface area contributed by atoms with E-state index < -0.39 is 12.6 Å². The molecule has 0 heterocycles. The zero-order valence-corrected chi connectivity index (χ0v) is 7.69. The van der Waals surface area contributed by atoms with E-state index in [0.29, 0.717) is 19.6 Å². The van der Waals surface area contributed by atoms with Gasteiger partial charge in [0, 0.05) is 19.6 Å². The maximum Gasteiger partial charge on any atom is 0.389 e. The molecule has 0 unspecified atom stereocenters. The Morgan fingerprint density at radius 3 is 2.31 bits per heavy atom. The molecule has 0 radical (unpaired) electrons. The van der Waals surface area contributed by atoms with Crippen molar-refractivity contribution in [3.05, 3.63) is 0 Å². The monoisotopic (exact) mass is 200 g/mol. The first kappa shape index (κ1) is 12.7. The smallest absolute Gasteiger partial charge is 0.356 e. The Hall–Kier alpha value is -0.290. The molecule has 13 heavy (non-hydrogen) atoms. The van der Waals surface area contributed by atoms with Gasteiger partial charge >= 0.3 is 6.18 Å². The van der Waals surface area contributed by atoms with E-state index in [1.54, 1.807) is 0 Å². The second kappa shape index (κ2) is 7.15. The molecule has 80 valence electrons. The summed E-state index contributed by atoms with van der Waals surface area (Å²) in [6.45, 7) is 2.88. The normalized spacial score (nSPS) is 12.0. The molecule has 0 fully saturated rings. The van der Waals surface area contributed by atoms with Gasteiger partial charge in [-0.1, -0.05) is 0 Å². The molecule has 0 N–H and O–H groups in total. The molecule has 5 heteroatoms. The van der Waals surface area contributed by atoms with Gasteiger partial charge < -0.3 is 9.47 Å². The van der Waals surface area contributed by atoms with E-state index in [2.05, 4.69) is 0 Å². The Kier molecular flexibility index (Phi) is 6.99. The van der Waals surface area contributed by atoms with Crippen LogP contribution < -0.4 is 0 Å². The van der Waals surface area contributed by atoms with Crippen LogP contribution in [-0.4, -0.2) is 26.2 Å². The van der Waals surface area contributed by atoms with Gasteiger partial charge in [0.15, 0.2) is 0 Å². The zero-order valence-electron chi connectivity index (χ0n) is 7.69. The van der Waals surface area contributed by atoms with E-state index in [9.17, 15) is 13.2 Å². The lowest BCUT2D eigenvalue weighted by atomic mass is 10.2. The predicted molar refractivity (Wildman–Crippen MR) is 42.4 cm³/mol. The lowest BCUT2D eigenvalue weighted by molar-refractivity contribution is -0.136. The summed E-state index contributed by atoms with van der Waals surface area (Å²) in [5, 5.41) is 0.